The largest absolute Gasteiger partial charge is 0.332 e. The summed E-state index contributed by atoms with van der Waals surface area (Å²) >= 11 is 0. The van der Waals surface area contributed by atoms with Crippen LogP contribution in [0.1, 0.15) is 47.9 Å². The number of aromatic amines is 1. The van der Waals surface area contributed by atoms with Gasteiger partial charge in [-0.2, -0.15) is 4.31 Å². The van der Waals surface area contributed by atoms with Gasteiger partial charge in [0.25, 0.3) is 5.56 Å². The number of amides is 1. The van der Waals surface area contributed by atoms with Crippen molar-refractivity contribution in [3.63, 3.8) is 0 Å². The highest BCUT2D eigenvalue weighted by atomic mass is 32.2. The fraction of sp³-hybridized carbons (Fsp3) is 0.476. The van der Waals surface area contributed by atoms with Gasteiger partial charge in [0.15, 0.2) is 0 Å². The second-order valence-corrected chi connectivity index (χ2v) is 10.1. The van der Waals surface area contributed by atoms with Crippen molar-refractivity contribution in [2.45, 2.75) is 44.7 Å². The smallest absolute Gasteiger partial charge is 0.254 e. The third kappa shape index (κ3) is 4.69. The highest BCUT2D eigenvalue weighted by Gasteiger charge is 2.32. The van der Waals surface area contributed by atoms with Crippen molar-refractivity contribution in [3.05, 3.63) is 63.1 Å². The van der Waals surface area contributed by atoms with Crippen LogP contribution in [-0.4, -0.2) is 52.8 Å². The number of hydrogen-bond donors (Lipinski definition) is 1. The van der Waals surface area contributed by atoms with Gasteiger partial charge in [-0.05, 0) is 43.4 Å². The highest BCUT2D eigenvalue weighted by Crippen LogP contribution is 2.30. The number of aromatic nitrogens is 2. The predicted molar refractivity (Wildman–Crippen MR) is 112 cm³/mol. The van der Waals surface area contributed by atoms with Crippen LogP contribution in [0.5, 0.6) is 0 Å². The van der Waals surface area contributed by atoms with E-state index in [1.54, 1.807) is 17.0 Å². The Morgan fingerprint density at radius 2 is 1.97 bits per heavy atom. The number of nitrogens with one attached hydrogen (secondary N) is 1. The third-order valence-electron chi connectivity index (χ3n) is 5.93. The van der Waals surface area contributed by atoms with Crippen molar-refractivity contribution < 1.29 is 17.6 Å². The number of sulfonamides is 1. The lowest BCUT2D eigenvalue weighted by Gasteiger charge is -2.36. The van der Waals surface area contributed by atoms with Crippen LogP contribution in [0.4, 0.5) is 4.39 Å². The van der Waals surface area contributed by atoms with Gasteiger partial charge >= 0.3 is 0 Å². The SMILES string of the molecule is CS(=O)(=O)N1CCc2c(nc([C@H]3CCCCN3C(=O)Cc3ccc(F)cc3)[nH]c2=O)C1. The monoisotopic (exact) mass is 448 g/mol. The lowest BCUT2D eigenvalue weighted by Crippen LogP contribution is -2.42. The standard InChI is InChI=1S/C21H25FN4O4S/c1-31(29,30)25-11-9-16-17(13-25)23-20(24-21(16)28)18-4-2-3-10-26(18)19(27)12-14-5-7-15(22)8-6-14/h5-8,18H,2-4,9-13H2,1H3,(H,23,24,28)/t18-/m1/s1. The highest BCUT2D eigenvalue weighted by molar-refractivity contribution is 7.88. The Morgan fingerprint density at radius 3 is 2.68 bits per heavy atom. The number of hydrogen-bond acceptors (Lipinski definition) is 5. The van der Waals surface area contributed by atoms with Crippen molar-refractivity contribution in [2.24, 2.45) is 0 Å². The van der Waals surface area contributed by atoms with Gasteiger partial charge in [-0.1, -0.05) is 12.1 Å². The van der Waals surface area contributed by atoms with Gasteiger partial charge in [-0.3, -0.25) is 9.59 Å². The summed E-state index contributed by atoms with van der Waals surface area (Å²) in [6.45, 7) is 0.851. The molecule has 0 aliphatic carbocycles. The first-order chi connectivity index (χ1) is 14.7. The maximum absolute atomic E-state index is 13.2. The number of benzene rings is 1. The average molecular weight is 449 g/mol. The molecule has 1 atom stereocenters. The van der Waals surface area contributed by atoms with Crippen LogP contribution in [0.3, 0.4) is 0 Å². The first kappa shape index (κ1) is 21.6. The molecule has 31 heavy (non-hydrogen) atoms. The molecule has 0 unspecified atom stereocenters. The van der Waals surface area contributed by atoms with E-state index >= 15 is 0 Å². The van der Waals surface area contributed by atoms with E-state index in [9.17, 15) is 22.4 Å². The summed E-state index contributed by atoms with van der Waals surface area (Å²) in [5.74, 6) is -0.0771. The van der Waals surface area contributed by atoms with Crippen LogP contribution in [0.2, 0.25) is 0 Å². The third-order valence-corrected chi connectivity index (χ3v) is 7.18. The minimum Gasteiger partial charge on any atom is -0.332 e. The number of fused-ring (bicyclic) bond motifs is 1. The molecule has 1 saturated heterocycles. The number of rotatable bonds is 4. The number of halogens is 1. The van der Waals surface area contributed by atoms with Crippen molar-refractivity contribution >= 4 is 15.9 Å². The molecular formula is C21H25FN4O4S. The molecule has 1 N–H and O–H groups in total. The maximum atomic E-state index is 13.2. The van der Waals surface area contributed by atoms with Crippen LogP contribution in [0.25, 0.3) is 0 Å². The zero-order valence-electron chi connectivity index (χ0n) is 17.3. The van der Waals surface area contributed by atoms with Gasteiger partial charge in [0.1, 0.15) is 11.6 Å². The van der Waals surface area contributed by atoms with Crippen molar-refractivity contribution in [1.29, 1.82) is 0 Å². The topological polar surface area (TPSA) is 103 Å². The lowest BCUT2D eigenvalue weighted by molar-refractivity contribution is -0.134. The van der Waals surface area contributed by atoms with Gasteiger partial charge in [0, 0.05) is 18.7 Å². The molecule has 0 saturated carbocycles. The molecule has 10 heteroatoms. The summed E-state index contributed by atoms with van der Waals surface area (Å²) < 4.78 is 38.3. The summed E-state index contributed by atoms with van der Waals surface area (Å²) in [7, 11) is -3.39. The second-order valence-electron chi connectivity index (χ2n) is 8.12. The molecule has 0 spiro atoms. The van der Waals surface area contributed by atoms with Gasteiger partial charge < -0.3 is 9.88 Å². The number of nitrogens with zero attached hydrogens (tertiary/aromatic N) is 3. The van der Waals surface area contributed by atoms with E-state index < -0.39 is 10.0 Å². The molecule has 2 aliphatic rings. The van der Waals surface area contributed by atoms with Gasteiger partial charge in [-0.25, -0.2) is 17.8 Å². The van der Waals surface area contributed by atoms with E-state index in [0.29, 0.717) is 42.0 Å². The molecule has 1 aromatic heterocycles. The Hall–Kier alpha value is -2.59. The number of H-pyrrole nitrogens is 1. The van der Waals surface area contributed by atoms with Crippen LogP contribution in [0, 0.1) is 5.82 Å². The van der Waals surface area contributed by atoms with Crippen LogP contribution in [0.15, 0.2) is 29.1 Å². The quantitative estimate of drug-likeness (QED) is 0.764. The first-order valence-electron chi connectivity index (χ1n) is 10.3. The zero-order chi connectivity index (χ0) is 22.2. The van der Waals surface area contributed by atoms with E-state index in [0.717, 1.165) is 19.1 Å². The number of carbonyl (C=O) groups excluding carboxylic acids is 1. The lowest BCUT2D eigenvalue weighted by atomic mass is 9.99. The Balaban J connectivity index is 1.61. The van der Waals surface area contributed by atoms with E-state index in [1.807, 2.05) is 0 Å². The fourth-order valence-electron chi connectivity index (χ4n) is 4.27. The summed E-state index contributed by atoms with van der Waals surface area (Å²) in [6, 6.07) is 5.45. The molecule has 1 aromatic carbocycles. The summed E-state index contributed by atoms with van der Waals surface area (Å²) in [4.78, 5) is 34.9. The normalized spacial score (nSPS) is 19.8. The van der Waals surface area contributed by atoms with Gasteiger partial charge in [0.05, 0.1) is 31.0 Å². The molecule has 3 heterocycles. The minimum atomic E-state index is -3.39. The molecule has 166 valence electrons. The van der Waals surface area contributed by atoms with E-state index in [-0.39, 0.29) is 42.8 Å². The minimum absolute atomic E-state index is 0.0569. The Kier molecular flexibility index (Phi) is 5.94. The number of carbonyl (C=O) groups is 1. The maximum Gasteiger partial charge on any atom is 0.254 e. The van der Waals surface area contributed by atoms with Gasteiger partial charge in [0.2, 0.25) is 15.9 Å². The Morgan fingerprint density at radius 1 is 1.23 bits per heavy atom. The van der Waals surface area contributed by atoms with Crippen molar-refractivity contribution in [1.82, 2.24) is 19.2 Å². The molecule has 4 rings (SSSR count). The number of piperidine rings is 1. The Labute approximate surface area is 180 Å². The first-order valence-corrected chi connectivity index (χ1v) is 12.2. The van der Waals surface area contributed by atoms with Gasteiger partial charge in [-0.15, -0.1) is 0 Å². The molecular weight excluding hydrogens is 423 g/mol. The number of likely N-dealkylation sites (tertiary alicyclic amines) is 1. The fourth-order valence-corrected chi connectivity index (χ4v) is 5.05. The van der Waals surface area contributed by atoms with Crippen LogP contribution >= 0.6 is 0 Å². The second kappa shape index (κ2) is 8.51. The van der Waals surface area contributed by atoms with Crippen molar-refractivity contribution in [2.75, 3.05) is 19.3 Å². The molecule has 1 fully saturated rings. The summed E-state index contributed by atoms with van der Waals surface area (Å²) in [6.07, 6.45) is 3.98. The van der Waals surface area contributed by atoms with Crippen LogP contribution < -0.4 is 5.56 Å². The van der Waals surface area contributed by atoms with Crippen molar-refractivity contribution in [3.8, 4) is 0 Å². The average Bonchev–Trinajstić information content (AvgIpc) is 2.74. The zero-order valence-corrected chi connectivity index (χ0v) is 18.1. The molecule has 1 amide bonds. The molecule has 0 radical (unpaired) electrons. The summed E-state index contributed by atoms with van der Waals surface area (Å²) in [5, 5.41) is 0. The van der Waals surface area contributed by atoms with E-state index in [2.05, 4.69) is 9.97 Å². The van der Waals surface area contributed by atoms with Crippen LogP contribution in [-0.2, 0) is 34.2 Å². The molecule has 8 nitrogen and oxygen atoms in total. The van der Waals surface area contributed by atoms with E-state index in [1.165, 1.54) is 16.4 Å². The Bertz CT molecular complexity index is 1150. The molecule has 2 aliphatic heterocycles. The molecule has 0 bridgehead atoms. The van der Waals surface area contributed by atoms with E-state index in [4.69, 9.17) is 0 Å². The summed E-state index contributed by atoms with van der Waals surface area (Å²) in [5.41, 5.74) is 1.40. The predicted octanol–water partition coefficient (Wildman–Crippen LogP) is 1.52. The molecule has 2 aromatic rings.